The molecule has 102 valence electrons. The van der Waals surface area contributed by atoms with Crippen molar-refractivity contribution in [2.45, 2.75) is 39.0 Å². The molecule has 0 bridgehead atoms. The first-order chi connectivity index (χ1) is 8.29. The van der Waals surface area contributed by atoms with Crippen LogP contribution in [0, 0.1) is 6.92 Å². The number of aliphatic hydroxyl groups excluding tert-OH is 1. The van der Waals surface area contributed by atoms with Gasteiger partial charge in [-0.05, 0) is 31.9 Å². The molecule has 2 nitrogen and oxygen atoms in total. The predicted octanol–water partition coefficient (Wildman–Crippen LogP) is 3.77. The highest BCUT2D eigenvalue weighted by molar-refractivity contribution is 5.38. The van der Waals surface area contributed by atoms with Gasteiger partial charge < -0.3 is 9.84 Å². The van der Waals surface area contributed by atoms with Crippen molar-refractivity contribution in [1.29, 1.82) is 0 Å². The van der Waals surface area contributed by atoms with Gasteiger partial charge in [0, 0.05) is 12.0 Å². The Morgan fingerprint density at radius 2 is 2.00 bits per heavy atom. The smallest absolute Gasteiger partial charge is 0.389 e. The largest absolute Gasteiger partial charge is 0.493 e. The fourth-order valence-electron chi connectivity index (χ4n) is 1.57. The predicted molar refractivity (Wildman–Crippen MR) is 62.6 cm³/mol. The molecule has 18 heavy (non-hydrogen) atoms. The van der Waals surface area contributed by atoms with Crippen molar-refractivity contribution in [3.05, 3.63) is 29.3 Å². The highest BCUT2D eigenvalue weighted by Gasteiger charge is 2.26. The molecule has 1 rings (SSSR count). The van der Waals surface area contributed by atoms with Crippen molar-refractivity contribution in [2.75, 3.05) is 6.61 Å². The molecule has 5 heteroatoms. The van der Waals surface area contributed by atoms with Gasteiger partial charge in [-0.2, -0.15) is 13.2 Å². The highest BCUT2D eigenvalue weighted by atomic mass is 19.4. The maximum atomic E-state index is 12.0. The molecule has 0 spiro atoms. The van der Waals surface area contributed by atoms with Gasteiger partial charge in [-0.15, -0.1) is 0 Å². The summed E-state index contributed by atoms with van der Waals surface area (Å²) in [5, 5.41) is 9.52. The van der Waals surface area contributed by atoms with Gasteiger partial charge in [0.2, 0.25) is 0 Å². The standard InChI is InChI=1S/C13H17F3O2/c1-9-4-5-11(10(2)17)12(8-9)18-7-3-6-13(14,15)16/h4-5,8,10,17H,3,6-7H2,1-2H3/t10-/m0/s1. The number of aryl methyl sites for hydroxylation is 1. The second-order valence-corrected chi connectivity index (χ2v) is 4.28. The summed E-state index contributed by atoms with van der Waals surface area (Å²) in [6.45, 7) is 3.43. The summed E-state index contributed by atoms with van der Waals surface area (Å²) in [6.07, 6.45) is -5.80. The summed E-state index contributed by atoms with van der Waals surface area (Å²) in [4.78, 5) is 0. The first-order valence-electron chi connectivity index (χ1n) is 5.78. The molecule has 0 aliphatic heterocycles. The first kappa shape index (κ1) is 14.8. The molecule has 0 saturated carbocycles. The van der Waals surface area contributed by atoms with Crippen molar-refractivity contribution in [3.63, 3.8) is 0 Å². The Hall–Kier alpha value is -1.23. The molecule has 1 atom stereocenters. The van der Waals surface area contributed by atoms with Gasteiger partial charge in [0.1, 0.15) is 5.75 Å². The van der Waals surface area contributed by atoms with E-state index in [1.54, 1.807) is 19.1 Å². The molecule has 0 radical (unpaired) electrons. The Balaban J connectivity index is 2.58. The Labute approximate surface area is 104 Å². The molecule has 1 N–H and O–H groups in total. The molecule has 0 amide bonds. The molecule has 0 heterocycles. The number of halogens is 3. The van der Waals surface area contributed by atoms with E-state index in [4.69, 9.17) is 4.74 Å². The van der Waals surface area contributed by atoms with Gasteiger partial charge in [0.05, 0.1) is 12.7 Å². The SMILES string of the molecule is Cc1ccc([C@H](C)O)c(OCCCC(F)(F)F)c1. The highest BCUT2D eigenvalue weighted by Crippen LogP contribution is 2.27. The fourth-order valence-corrected chi connectivity index (χ4v) is 1.57. The molecule has 0 saturated heterocycles. The van der Waals surface area contributed by atoms with Gasteiger partial charge in [-0.25, -0.2) is 0 Å². The normalized spacial score (nSPS) is 13.4. The fraction of sp³-hybridized carbons (Fsp3) is 0.538. The van der Waals surface area contributed by atoms with E-state index in [1.807, 2.05) is 13.0 Å². The summed E-state index contributed by atoms with van der Waals surface area (Å²) in [5.74, 6) is 0.451. The number of rotatable bonds is 5. The van der Waals surface area contributed by atoms with E-state index in [2.05, 4.69) is 0 Å². The second-order valence-electron chi connectivity index (χ2n) is 4.28. The minimum atomic E-state index is -4.15. The zero-order valence-electron chi connectivity index (χ0n) is 10.4. The quantitative estimate of drug-likeness (QED) is 0.818. The van der Waals surface area contributed by atoms with Crippen LogP contribution in [0.3, 0.4) is 0 Å². The first-order valence-corrected chi connectivity index (χ1v) is 5.78. The lowest BCUT2D eigenvalue weighted by Gasteiger charge is -2.14. The zero-order valence-corrected chi connectivity index (χ0v) is 10.4. The maximum absolute atomic E-state index is 12.0. The number of aliphatic hydroxyl groups is 1. The van der Waals surface area contributed by atoms with Crippen LogP contribution < -0.4 is 4.74 Å². The second kappa shape index (κ2) is 6.09. The summed E-state index contributed by atoms with van der Waals surface area (Å²) < 4.78 is 41.2. The maximum Gasteiger partial charge on any atom is 0.389 e. The minimum absolute atomic E-state index is 0.0112. The zero-order chi connectivity index (χ0) is 13.8. The molecule has 0 aliphatic carbocycles. The Morgan fingerprint density at radius 1 is 1.33 bits per heavy atom. The van der Waals surface area contributed by atoms with E-state index < -0.39 is 18.7 Å². The Bertz CT molecular complexity index is 386. The molecule has 0 aliphatic rings. The van der Waals surface area contributed by atoms with Crippen LogP contribution in [-0.4, -0.2) is 17.9 Å². The van der Waals surface area contributed by atoms with E-state index >= 15 is 0 Å². The lowest BCUT2D eigenvalue weighted by atomic mass is 10.1. The number of benzene rings is 1. The van der Waals surface area contributed by atoms with Crippen LogP contribution in [0.1, 0.15) is 37.0 Å². The number of hydrogen-bond donors (Lipinski definition) is 1. The van der Waals surface area contributed by atoms with Crippen molar-refractivity contribution < 1.29 is 23.0 Å². The van der Waals surface area contributed by atoms with Crippen molar-refractivity contribution in [2.24, 2.45) is 0 Å². The van der Waals surface area contributed by atoms with Gasteiger partial charge in [-0.1, -0.05) is 12.1 Å². The molecule has 0 unspecified atom stereocenters. The third kappa shape index (κ3) is 4.96. The molecule has 1 aromatic rings. The van der Waals surface area contributed by atoms with E-state index in [0.717, 1.165) is 5.56 Å². The number of ether oxygens (including phenoxy) is 1. The van der Waals surface area contributed by atoms with Gasteiger partial charge in [0.25, 0.3) is 0 Å². The average molecular weight is 262 g/mol. The van der Waals surface area contributed by atoms with Crippen molar-refractivity contribution in [3.8, 4) is 5.75 Å². The van der Waals surface area contributed by atoms with Crippen LogP contribution >= 0.6 is 0 Å². The van der Waals surface area contributed by atoms with E-state index in [-0.39, 0.29) is 13.0 Å². The average Bonchev–Trinajstić information content (AvgIpc) is 2.22. The van der Waals surface area contributed by atoms with E-state index in [0.29, 0.717) is 11.3 Å². The summed E-state index contributed by atoms with van der Waals surface area (Å²) in [5.41, 5.74) is 1.53. The number of hydrogen-bond acceptors (Lipinski definition) is 2. The third-order valence-electron chi connectivity index (χ3n) is 2.48. The summed E-state index contributed by atoms with van der Waals surface area (Å²) in [6, 6.07) is 5.26. The monoisotopic (exact) mass is 262 g/mol. The van der Waals surface area contributed by atoms with Crippen LogP contribution in [0.15, 0.2) is 18.2 Å². The molecule has 0 fully saturated rings. The van der Waals surface area contributed by atoms with Crippen LogP contribution in [0.25, 0.3) is 0 Å². The van der Waals surface area contributed by atoms with Crippen LogP contribution in [0.2, 0.25) is 0 Å². The Morgan fingerprint density at radius 3 is 2.56 bits per heavy atom. The van der Waals surface area contributed by atoms with Crippen LogP contribution in [-0.2, 0) is 0 Å². The lowest BCUT2D eigenvalue weighted by molar-refractivity contribution is -0.136. The third-order valence-corrected chi connectivity index (χ3v) is 2.48. The van der Waals surface area contributed by atoms with E-state index in [9.17, 15) is 18.3 Å². The van der Waals surface area contributed by atoms with Gasteiger partial charge >= 0.3 is 6.18 Å². The minimum Gasteiger partial charge on any atom is -0.493 e. The van der Waals surface area contributed by atoms with E-state index in [1.165, 1.54) is 0 Å². The van der Waals surface area contributed by atoms with Crippen LogP contribution in [0.4, 0.5) is 13.2 Å². The van der Waals surface area contributed by atoms with Gasteiger partial charge in [0.15, 0.2) is 0 Å². The van der Waals surface area contributed by atoms with Crippen LogP contribution in [0.5, 0.6) is 5.75 Å². The van der Waals surface area contributed by atoms with Crippen molar-refractivity contribution >= 4 is 0 Å². The Kier molecular flexibility index (Phi) is 5.02. The molecule has 0 aromatic heterocycles. The number of alkyl halides is 3. The topological polar surface area (TPSA) is 29.5 Å². The lowest BCUT2D eigenvalue weighted by Crippen LogP contribution is -2.10. The molecule has 1 aromatic carbocycles. The molecular formula is C13H17F3O2. The van der Waals surface area contributed by atoms with Gasteiger partial charge in [-0.3, -0.25) is 0 Å². The molecular weight excluding hydrogens is 245 g/mol. The summed E-state index contributed by atoms with van der Waals surface area (Å²) >= 11 is 0. The van der Waals surface area contributed by atoms with Crippen molar-refractivity contribution in [1.82, 2.24) is 0 Å². The summed E-state index contributed by atoms with van der Waals surface area (Å²) in [7, 11) is 0.